The summed E-state index contributed by atoms with van der Waals surface area (Å²) in [6.45, 7) is 12.5. The molecule has 8 heteroatoms. The fourth-order valence-electron chi connectivity index (χ4n) is 5.39. The lowest BCUT2D eigenvalue weighted by Crippen LogP contribution is -2.51. The zero-order valence-corrected chi connectivity index (χ0v) is 21.2. The van der Waals surface area contributed by atoms with Crippen LogP contribution in [0.3, 0.4) is 0 Å². The van der Waals surface area contributed by atoms with E-state index in [-0.39, 0.29) is 6.03 Å². The summed E-state index contributed by atoms with van der Waals surface area (Å²) in [5, 5.41) is 7.44. The van der Waals surface area contributed by atoms with Crippen LogP contribution < -0.4 is 10.2 Å². The monoisotopic (exact) mass is 475 g/mol. The lowest BCUT2D eigenvalue weighted by molar-refractivity contribution is 0.172. The van der Waals surface area contributed by atoms with Crippen molar-refractivity contribution in [2.45, 2.75) is 45.6 Å². The molecule has 35 heavy (non-hydrogen) atoms. The van der Waals surface area contributed by atoms with E-state index in [1.807, 2.05) is 22.5 Å². The first-order chi connectivity index (χ1) is 17.0. The van der Waals surface area contributed by atoms with Gasteiger partial charge in [0, 0.05) is 62.9 Å². The topological polar surface area (TPSA) is 69.0 Å². The van der Waals surface area contributed by atoms with Crippen molar-refractivity contribution in [3.05, 3.63) is 48.4 Å². The number of piperidine rings is 1. The molecule has 0 aromatic carbocycles. The van der Waals surface area contributed by atoms with Crippen molar-refractivity contribution in [2.24, 2.45) is 0 Å². The normalized spacial score (nSPS) is 17.9. The standard InChI is InChI=1S/C27H37N7O/c1-4-28-27(35)33-15-13-32(14-16-33)25-7-10-30-34-19-23(17-26(25)34)24-6-5-22(18-29-24)21-8-11-31(12-9-21)20(2)3/h5-7,10,17-21H,4,8-9,11-16H2,1-3H3,(H,28,35). The van der Waals surface area contributed by atoms with Crippen LogP contribution in [0.25, 0.3) is 16.8 Å². The number of nitrogens with one attached hydrogen (secondary N) is 1. The Morgan fingerprint density at radius 2 is 1.86 bits per heavy atom. The Morgan fingerprint density at radius 3 is 2.51 bits per heavy atom. The number of urea groups is 1. The summed E-state index contributed by atoms with van der Waals surface area (Å²) in [7, 11) is 0. The number of carbonyl (C=O) groups excluding carboxylic acids is 1. The van der Waals surface area contributed by atoms with Crippen molar-refractivity contribution in [3.8, 4) is 11.3 Å². The van der Waals surface area contributed by atoms with Gasteiger partial charge in [-0.1, -0.05) is 6.07 Å². The number of likely N-dealkylation sites (tertiary alicyclic amines) is 1. The van der Waals surface area contributed by atoms with Gasteiger partial charge in [0.1, 0.15) is 0 Å². The van der Waals surface area contributed by atoms with Gasteiger partial charge in [0.15, 0.2) is 0 Å². The van der Waals surface area contributed by atoms with Crippen LogP contribution in [0.4, 0.5) is 10.5 Å². The Morgan fingerprint density at radius 1 is 1.09 bits per heavy atom. The number of hydrogen-bond acceptors (Lipinski definition) is 5. The van der Waals surface area contributed by atoms with E-state index in [1.54, 1.807) is 0 Å². The fourth-order valence-corrected chi connectivity index (χ4v) is 5.39. The minimum absolute atomic E-state index is 0.0250. The van der Waals surface area contributed by atoms with Crippen LogP contribution in [0.2, 0.25) is 0 Å². The van der Waals surface area contributed by atoms with Crippen molar-refractivity contribution >= 4 is 17.2 Å². The predicted octanol–water partition coefficient (Wildman–Crippen LogP) is 3.84. The molecule has 0 saturated carbocycles. The molecule has 1 N–H and O–H groups in total. The second-order valence-corrected chi connectivity index (χ2v) is 9.97. The predicted molar refractivity (Wildman–Crippen MR) is 140 cm³/mol. The SMILES string of the molecule is CCNC(=O)N1CCN(c2ccnn3cc(-c4ccc(C5CCN(C(C)C)CC5)cn4)cc23)CC1. The quantitative estimate of drug-likeness (QED) is 0.607. The molecule has 3 aromatic rings. The molecule has 0 bridgehead atoms. The minimum Gasteiger partial charge on any atom is -0.366 e. The van der Waals surface area contributed by atoms with Crippen LogP contribution in [-0.4, -0.2) is 82.3 Å². The Bertz CT molecular complexity index is 1140. The highest BCUT2D eigenvalue weighted by Gasteiger charge is 2.24. The summed E-state index contributed by atoms with van der Waals surface area (Å²) < 4.78 is 1.94. The van der Waals surface area contributed by atoms with Gasteiger partial charge in [-0.3, -0.25) is 4.98 Å². The lowest BCUT2D eigenvalue weighted by atomic mass is 9.90. The first-order valence-electron chi connectivity index (χ1n) is 13.0. The largest absolute Gasteiger partial charge is 0.366 e. The van der Waals surface area contributed by atoms with E-state index >= 15 is 0 Å². The number of fused-ring (bicyclic) bond motifs is 1. The maximum Gasteiger partial charge on any atom is 0.317 e. The van der Waals surface area contributed by atoms with Crippen LogP contribution >= 0.6 is 0 Å². The Balaban J connectivity index is 1.29. The van der Waals surface area contributed by atoms with Gasteiger partial charge >= 0.3 is 6.03 Å². The van der Waals surface area contributed by atoms with Gasteiger partial charge in [-0.05, 0) is 76.4 Å². The Labute approximate surface area is 207 Å². The smallest absolute Gasteiger partial charge is 0.317 e. The van der Waals surface area contributed by atoms with Crippen LogP contribution in [-0.2, 0) is 0 Å². The molecule has 2 saturated heterocycles. The van der Waals surface area contributed by atoms with Crippen molar-refractivity contribution in [2.75, 3.05) is 50.7 Å². The zero-order chi connectivity index (χ0) is 24.4. The Hall–Kier alpha value is -3.13. The third-order valence-electron chi connectivity index (χ3n) is 7.54. The van der Waals surface area contributed by atoms with E-state index in [4.69, 9.17) is 4.98 Å². The maximum absolute atomic E-state index is 12.2. The number of hydrogen-bond donors (Lipinski definition) is 1. The minimum atomic E-state index is 0.0250. The second-order valence-electron chi connectivity index (χ2n) is 9.97. The van der Waals surface area contributed by atoms with E-state index in [9.17, 15) is 4.79 Å². The third-order valence-corrected chi connectivity index (χ3v) is 7.54. The summed E-state index contributed by atoms with van der Waals surface area (Å²) >= 11 is 0. The second kappa shape index (κ2) is 10.2. The van der Waals surface area contributed by atoms with Crippen molar-refractivity contribution in [3.63, 3.8) is 0 Å². The number of piperazine rings is 1. The number of amides is 2. The van der Waals surface area contributed by atoms with E-state index in [1.165, 1.54) is 31.5 Å². The highest BCUT2D eigenvalue weighted by Crippen LogP contribution is 2.31. The fraction of sp³-hybridized carbons (Fsp3) is 0.519. The molecule has 5 heterocycles. The van der Waals surface area contributed by atoms with Crippen LogP contribution in [0.5, 0.6) is 0 Å². The summed E-state index contributed by atoms with van der Waals surface area (Å²) in [4.78, 5) is 23.8. The average Bonchev–Trinajstić information content (AvgIpc) is 3.34. The molecule has 0 atom stereocenters. The van der Waals surface area contributed by atoms with Gasteiger partial charge in [-0.2, -0.15) is 5.10 Å². The average molecular weight is 476 g/mol. The number of pyridine rings is 1. The summed E-state index contributed by atoms with van der Waals surface area (Å²) in [5.74, 6) is 0.603. The molecular weight excluding hydrogens is 438 g/mol. The van der Waals surface area contributed by atoms with Gasteiger partial charge in [0.25, 0.3) is 0 Å². The molecule has 0 unspecified atom stereocenters. The zero-order valence-electron chi connectivity index (χ0n) is 21.2. The number of nitrogens with zero attached hydrogens (tertiary/aromatic N) is 6. The lowest BCUT2D eigenvalue weighted by Gasteiger charge is -2.36. The maximum atomic E-state index is 12.2. The van der Waals surface area contributed by atoms with Gasteiger partial charge in [-0.15, -0.1) is 0 Å². The van der Waals surface area contributed by atoms with Crippen molar-refractivity contribution in [1.82, 2.24) is 29.7 Å². The molecule has 2 fully saturated rings. The highest BCUT2D eigenvalue weighted by atomic mass is 16.2. The summed E-state index contributed by atoms with van der Waals surface area (Å²) in [6, 6.07) is 9.32. The molecule has 2 aliphatic heterocycles. The molecular formula is C27H37N7O. The molecule has 2 amide bonds. The summed E-state index contributed by atoms with van der Waals surface area (Å²) in [5.41, 5.74) is 5.62. The van der Waals surface area contributed by atoms with Gasteiger partial charge in [-0.25, -0.2) is 9.31 Å². The molecule has 186 valence electrons. The Kier molecular flexibility index (Phi) is 6.90. The highest BCUT2D eigenvalue weighted by molar-refractivity contribution is 5.79. The van der Waals surface area contributed by atoms with Crippen molar-refractivity contribution < 1.29 is 4.79 Å². The van der Waals surface area contributed by atoms with E-state index < -0.39 is 0 Å². The van der Waals surface area contributed by atoms with Crippen molar-refractivity contribution in [1.29, 1.82) is 0 Å². The van der Waals surface area contributed by atoms with Crippen LogP contribution in [0.1, 0.15) is 45.1 Å². The molecule has 0 aliphatic carbocycles. The van der Waals surface area contributed by atoms with E-state index in [0.717, 1.165) is 35.6 Å². The molecule has 5 rings (SSSR count). The third kappa shape index (κ3) is 4.98. The molecule has 0 spiro atoms. The number of anilines is 1. The van der Waals surface area contributed by atoms with Gasteiger partial charge < -0.3 is 20.0 Å². The molecule has 2 aliphatic rings. The first-order valence-corrected chi connectivity index (χ1v) is 13.0. The van der Waals surface area contributed by atoms with Crippen LogP contribution in [0.15, 0.2) is 42.9 Å². The van der Waals surface area contributed by atoms with Gasteiger partial charge in [0.05, 0.1) is 16.9 Å². The van der Waals surface area contributed by atoms with Crippen LogP contribution in [0, 0.1) is 0 Å². The van der Waals surface area contributed by atoms with E-state index in [0.29, 0.717) is 31.6 Å². The van der Waals surface area contributed by atoms with Gasteiger partial charge in [0.2, 0.25) is 0 Å². The first kappa shape index (κ1) is 23.6. The molecule has 8 nitrogen and oxygen atoms in total. The molecule has 0 radical (unpaired) electrons. The number of carbonyl (C=O) groups is 1. The van der Waals surface area contributed by atoms with E-state index in [2.05, 4.69) is 70.7 Å². The number of rotatable bonds is 5. The summed E-state index contributed by atoms with van der Waals surface area (Å²) in [6.07, 6.45) is 8.39. The molecule has 3 aromatic heterocycles. The number of aromatic nitrogens is 3.